The highest BCUT2D eigenvalue weighted by atomic mass is 16.5. The minimum absolute atomic E-state index is 0.0188. The summed E-state index contributed by atoms with van der Waals surface area (Å²) in [6.45, 7) is 11.8. The van der Waals surface area contributed by atoms with E-state index >= 15 is 0 Å². The van der Waals surface area contributed by atoms with Crippen LogP contribution >= 0.6 is 0 Å². The fourth-order valence-electron chi connectivity index (χ4n) is 4.50. The Hall–Kier alpha value is -3.67. The highest BCUT2D eigenvalue weighted by molar-refractivity contribution is 6.05. The van der Waals surface area contributed by atoms with Crippen molar-refractivity contribution in [1.82, 2.24) is 0 Å². The van der Waals surface area contributed by atoms with Crippen molar-refractivity contribution in [1.29, 1.82) is 0 Å². The van der Waals surface area contributed by atoms with Gasteiger partial charge in [0.15, 0.2) is 5.78 Å². The molecular weight excluding hydrogens is 456 g/mol. The van der Waals surface area contributed by atoms with Gasteiger partial charge in [0, 0.05) is 17.2 Å². The minimum Gasteiger partial charge on any atom is -0.508 e. The van der Waals surface area contributed by atoms with E-state index in [1.54, 1.807) is 12.1 Å². The normalized spacial score (nSPS) is 17.4. The lowest BCUT2D eigenvalue weighted by atomic mass is 9.87. The molecule has 0 amide bonds. The van der Waals surface area contributed by atoms with Crippen LogP contribution in [0.2, 0.25) is 0 Å². The van der Waals surface area contributed by atoms with Crippen LogP contribution in [-0.4, -0.2) is 26.7 Å². The number of hydrogen-bond donors (Lipinski definition) is 3. The van der Waals surface area contributed by atoms with Crippen LogP contribution in [0.5, 0.6) is 28.7 Å². The maximum atomic E-state index is 13.4. The van der Waals surface area contributed by atoms with Crippen LogP contribution in [0, 0.1) is 0 Å². The zero-order valence-electron chi connectivity index (χ0n) is 21.7. The lowest BCUT2D eigenvalue weighted by Crippen LogP contribution is -2.29. The van der Waals surface area contributed by atoms with E-state index in [9.17, 15) is 20.1 Å². The van der Waals surface area contributed by atoms with Crippen molar-refractivity contribution in [3.63, 3.8) is 0 Å². The van der Waals surface area contributed by atoms with Gasteiger partial charge in [0.25, 0.3) is 0 Å². The van der Waals surface area contributed by atoms with Gasteiger partial charge in [-0.1, -0.05) is 23.3 Å². The summed E-state index contributed by atoms with van der Waals surface area (Å²) in [5.41, 5.74) is 3.92. The predicted molar refractivity (Wildman–Crippen MR) is 140 cm³/mol. The van der Waals surface area contributed by atoms with Crippen molar-refractivity contribution in [2.45, 2.75) is 72.5 Å². The van der Waals surface area contributed by atoms with Crippen molar-refractivity contribution in [3.8, 4) is 28.7 Å². The van der Waals surface area contributed by atoms with Gasteiger partial charge in [-0.25, -0.2) is 0 Å². The number of phenols is 3. The number of carbonyl (C=O) groups excluding carboxylic acids is 1. The van der Waals surface area contributed by atoms with Crippen molar-refractivity contribution in [3.05, 3.63) is 69.3 Å². The number of carbonyl (C=O) groups is 1. The first-order valence-electron chi connectivity index (χ1n) is 12.2. The molecule has 0 saturated heterocycles. The smallest absolute Gasteiger partial charge is 0.174 e. The number of ether oxygens (including phenoxy) is 2. The fourth-order valence-corrected chi connectivity index (χ4v) is 4.50. The number of allylic oxidation sites excluding steroid dienone is 4. The molecule has 0 unspecified atom stereocenters. The number of aromatic hydroxyl groups is 3. The lowest BCUT2D eigenvalue weighted by Gasteiger charge is -2.34. The molecule has 36 heavy (non-hydrogen) atoms. The number of ketones is 1. The van der Waals surface area contributed by atoms with E-state index in [0.717, 1.165) is 11.1 Å². The second-order valence-corrected chi connectivity index (χ2v) is 10.6. The first kappa shape index (κ1) is 25.4. The Kier molecular flexibility index (Phi) is 6.65. The maximum absolute atomic E-state index is 13.4. The number of phenolic OH excluding ortho intramolecular Hbond substituents is 3. The highest BCUT2D eigenvalue weighted by Gasteiger charge is 2.38. The molecule has 0 radical (unpaired) electrons. The Morgan fingerprint density at radius 2 is 1.67 bits per heavy atom. The Morgan fingerprint density at radius 1 is 1.00 bits per heavy atom. The van der Waals surface area contributed by atoms with Gasteiger partial charge in [-0.15, -0.1) is 0 Å². The molecule has 190 valence electrons. The molecule has 6 heteroatoms. The van der Waals surface area contributed by atoms with Gasteiger partial charge in [-0.05, 0) is 78.2 Å². The zero-order chi connectivity index (χ0) is 26.4. The van der Waals surface area contributed by atoms with Gasteiger partial charge in [0.05, 0.1) is 12.0 Å². The summed E-state index contributed by atoms with van der Waals surface area (Å²) < 4.78 is 12.7. The largest absolute Gasteiger partial charge is 0.508 e. The molecule has 0 bridgehead atoms. The molecule has 1 atom stereocenters. The van der Waals surface area contributed by atoms with E-state index in [1.165, 1.54) is 6.07 Å². The summed E-state index contributed by atoms with van der Waals surface area (Å²) in [6.07, 6.45) is 7.73. The third-order valence-corrected chi connectivity index (χ3v) is 6.46. The van der Waals surface area contributed by atoms with Gasteiger partial charge in [0.1, 0.15) is 46.0 Å². The maximum Gasteiger partial charge on any atom is 0.174 e. The van der Waals surface area contributed by atoms with Crippen molar-refractivity contribution in [2.75, 3.05) is 0 Å². The number of fused-ring (bicyclic) bond motifs is 2. The SMILES string of the molecule is CC(C)=CCc1cc([C@H]2CC(=O)c3c(O)c4c(c(CC=C(C)C)c3O2)OC(C)(C)C=C4)c(O)cc1O. The molecule has 2 heterocycles. The van der Waals surface area contributed by atoms with Crippen LogP contribution in [-0.2, 0) is 12.8 Å². The van der Waals surface area contributed by atoms with Crippen LogP contribution in [0.1, 0.15) is 86.7 Å². The molecule has 2 aromatic carbocycles. The standard InChI is InChI=1S/C30H34O6/c1-16(2)7-9-18-13-21(23(32)14-22(18)31)25-15-24(33)26-27(34)19-11-12-30(5,6)36-28(19)20(29(26)35-25)10-8-17(3)4/h7-8,11-14,25,31-32,34H,9-10,15H2,1-6H3/t25-/m1/s1. The van der Waals surface area contributed by atoms with E-state index in [0.29, 0.717) is 40.8 Å². The molecule has 2 aliphatic rings. The molecule has 2 aromatic rings. The average molecular weight is 491 g/mol. The van der Waals surface area contributed by atoms with Crippen LogP contribution in [0.3, 0.4) is 0 Å². The number of rotatable bonds is 5. The summed E-state index contributed by atoms with van der Waals surface area (Å²) >= 11 is 0. The van der Waals surface area contributed by atoms with Crippen LogP contribution in [0.4, 0.5) is 0 Å². The summed E-state index contributed by atoms with van der Waals surface area (Å²) in [4.78, 5) is 13.4. The van der Waals surface area contributed by atoms with Crippen molar-refractivity contribution in [2.24, 2.45) is 0 Å². The summed E-state index contributed by atoms with van der Waals surface area (Å²) in [7, 11) is 0. The Morgan fingerprint density at radius 3 is 2.33 bits per heavy atom. The van der Waals surface area contributed by atoms with Crippen LogP contribution < -0.4 is 9.47 Å². The molecule has 0 aliphatic carbocycles. The number of Topliss-reactive ketones (excluding diaryl/α,β-unsaturated/α-hetero) is 1. The van der Waals surface area contributed by atoms with E-state index in [4.69, 9.17) is 9.47 Å². The molecule has 0 spiro atoms. The summed E-state index contributed by atoms with van der Waals surface area (Å²) in [5, 5.41) is 32.1. The van der Waals surface area contributed by atoms with E-state index in [1.807, 2.05) is 59.8 Å². The van der Waals surface area contributed by atoms with Gasteiger partial charge in [-0.3, -0.25) is 4.79 Å². The van der Waals surface area contributed by atoms with Gasteiger partial charge in [0.2, 0.25) is 0 Å². The first-order valence-corrected chi connectivity index (χ1v) is 12.2. The Labute approximate surface area is 212 Å². The minimum atomic E-state index is -0.786. The molecule has 3 N–H and O–H groups in total. The number of benzene rings is 2. The molecule has 2 aliphatic heterocycles. The second kappa shape index (κ2) is 9.41. The molecule has 0 saturated carbocycles. The Balaban J connectivity index is 1.86. The van der Waals surface area contributed by atoms with Crippen molar-refractivity contribution < 1.29 is 29.6 Å². The van der Waals surface area contributed by atoms with Crippen LogP contribution in [0.25, 0.3) is 6.08 Å². The zero-order valence-corrected chi connectivity index (χ0v) is 21.7. The van der Waals surface area contributed by atoms with Crippen LogP contribution in [0.15, 0.2) is 41.5 Å². The van der Waals surface area contributed by atoms with E-state index in [-0.39, 0.29) is 40.8 Å². The molecule has 6 nitrogen and oxygen atoms in total. The molecule has 4 rings (SSSR count). The molecular formula is C30H34O6. The van der Waals surface area contributed by atoms with Crippen molar-refractivity contribution >= 4 is 11.9 Å². The monoisotopic (exact) mass is 490 g/mol. The first-order chi connectivity index (χ1) is 16.9. The third-order valence-electron chi connectivity index (χ3n) is 6.46. The van der Waals surface area contributed by atoms with E-state index in [2.05, 4.69) is 0 Å². The second-order valence-electron chi connectivity index (χ2n) is 10.6. The Bertz CT molecular complexity index is 1320. The number of hydrogen-bond acceptors (Lipinski definition) is 6. The lowest BCUT2D eigenvalue weighted by molar-refractivity contribution is 0.0836. The highest BCUT2D eigenvalue weighted by Crippen LogP contribution is 2.52. The summed E-state index contributed by atoms with van der Waals surface area (Å²) in [6, 6.07) is 2.97. The van der Waals surface area contributed by atoms with Gasteiger partial charge >= 0.3 is 0 Å². The average Bonchev–Trinajstić information content (AvgIpc) is 2.77. The van der Waals surface area contributed by atoms with Gasteiger partial charge < -0.3 is 24.8 Å². The van der Waals surface area contributed by atoms with E-state index < -0.39 is 11.7 Å². The third kappa shape index (κ3) is 4.85. The fraction of sp³-hybridized carbons (Fsp3) is 0.367. The molecule has 0 fully saturated rings. The predicted octanol–water partition coefficient (Wildman–Crippen LogP) is 6.71. The summed E-state index contributed by atoms with van der Waals surface area (Å²) in [5.74, 6) is 0.155. The molecule has 0 aromatic heterocycles. The quantitative estimate of drug-likeness (QED) is 0.403. The van der Waals surface area contributed by atoms with Gasteiger partial charge in [-0.2, -0.15) is 0 Å². The topological polar surface area (TPSA) is 96.2 Å².